The second-order valence-electron chi connectivity index (χ2n) is 3.18. The van der Waals surface area contributed by atoms with Crippen molar-refractivity contribution in [1.29, 1.82) is 0 Å². The summed E-state index contributed by atoms with van der Waals surface area (Å²) in [5, 5.41) is 0. The first-order valence-electron chi connectivity index (χ1n) is 4.24. The van der Waals surface area contributed by atoms with Gasteiger partial charge in [0, 0.05) is 16.5 Å². The van der Waals surface area contributed by atoms with Gasteiger partial charge in [-0.3, -0.25) is 4.79 Å². The standard InChI is InChI=1S/C10H9BrO3/c1-6(12)2-7-3-8(11)4-9-10(7)14-5-13-9/h3-4H,2,5H2,1H3. The molecule has 2 rings (SSSR count). The highest BCUT2D eigenvalue weighted by molar-refractivity contribution is 9.10. The third kappa shape index (κ3) is 1.75. The molecule has 1 aliphatic heterocycles. The maximum atomic E-state index is 11.0. The Bertz CT molecular complexity index is 387. The second kappa shape index (κ2) is 3.61. The minimum Gasteiger partial charge on any atom is -0.454 e. The number of Topliss-reactive ketones (excluding diaryl/α,β-unsaturated/α-hetero) is 1. The number of carbonyl (C=O) groups excluding carboxylic acids is 1. The quantitative estimate of drug-likeness (QED) is 0.815. The van der Waals surface area contributed by atoms with E-state index < -0.39 is 0 Å². The van der Waals surface area contributed by atoms with Crippen molar-refractivity contribution in [3.63, 3.8) is 0 Å². The van der Waals surface area contributed by atoms with Crippen LogP contribution in [0.2, 0.25) is 0 Å². The molecule has 1 aliphatic rings. The summed E-state index contributed by atoms with van der Waals surface area (Å²) in [4.78, 5) is 11.0. The normalized spacial score (nSPS) is 13.0. The first-order chi connectivity index (χ1) is 6.66. The summed E-state index contributed by atoms with van der Waals surface area (Å²) in [7, 11) is 0. The van der Waals surface area contributed by atoms with E-state index in [9.17, 15) is 4.79 Å². The third-order valence-corrected chi connectivity index (χ3v) is 2.41. The van der Waals surface area contributed by atoms with E-state index in [2.05, 4.69) is 15.9 Å². The minimum atomic E-state index is 0.112. The number of hydrogen-bond acceptors (Lipinski definition) is 3. The van der Waals surface area contributed by atoms with E-state index in [1.165, 1.54) is 0 Å². The van der Waals surface area contributed by atoms with E-state index >= 15 is 0 Å². The fourth-order valence-electron chi connectivity index (χ4n) is 1.45. The molecule has 0 saturated heterocycles. The van der Waals surface area contributed by atoms with Crippen LogP contribution in [0.1, 0.15) is 12.5 Å². The van der Waals surface area contributed by atoms with Crippen LogP contribution in [0.3, 0.4) is 0 Å². The summed E-state index contributed by atoms with van der Waals surface area (Å²) in [5.41, 5.74) is 0.874. The van der Waals surface area contributed by atoms with Gasteiger partial charge in [0.1, 0.15) is 5.78 Å². The van der Waals surface area contributed by atoms with E-state index in [4.69, 9.17) is 9.47 Å². The van der Waals surface area contributed by atoms with E-state index in [0.29, 0.717) is 17.9 Å². The zero-order valence-electron chi connectivity index (χ0n) is 7.67. The number of carbonyl (C=O) groups is 1. The monoisotopic (exact) mass is 256 g/mol. The van der Waals surface area contributed by atoms with Crippen LogP contribution in [-0.2, 0) is 11.2 Å². The van der Waals surface area contributed by atoms with E-state index in [1.54, 1.807) is 6.92 Å². The topological polar surface area (TPSA) is 35.5 Å². The Balaban J connectivity index is 2.43. The molecule has 1 heterocycles. The van der Waals surface area contributed by atoms with Crippen molar-refractivity contribution in [2.24, 2.45) is 0 Å². The molecule has 14 heavy (non-hydrogen) atoms. The molecule has 0 fully saturated rings. The Morgan fingerprint density at radius 3 is 3.00 bits per heavy atom. The Labute approximate surface area is 90.1 Å². The van der Waals surface area contributed by atoms with Gasteiger partial charge < -0.3 is 9.47 Å². The Morgan fingerprint density at radius 2 is 2.29 bits per heavy atom. The number of ether oxygens (including phenoxy) is 2. The van der Waals surface area contributed by atoms with Gasteiger partial charge in [-0.15, -0.1) is 0 Å². The summed E-state index contributed by atoms with van der Waals surface area (Å²) < 4.78 is 11.4. The fraction of sp³-hybridized carbons (Fsp3) is 0.300. The first kappa shape index (κ1) is 9.52. The largest absolute Gasteiger partial charge is 0.454 e. The summed E-state index contributed by atoms with van der Waals surface area (Å²) >= 11 is 3.36. The van der Waals surface area contributed by atoms with Crippen LogP contribution < -0.4 is 9.47 Å². The van der Waals surface area contributed by atoms with Crippen LogP contribution in [0.5, 0.6) is 11.5 Å². The molecule has 0 saturated carbocycles. The third-order valence-electron chi connectivity index (χ3n) is 1.95. The first-order valence-corrected chi connectivity index (χ1v) is 5.03. The average molecular weight is 257 g/mol. The number of fused-ring (bicyclic) bond motifs is 1. The number of halogens is 1. The molecule has 4 heteroatoms. The summed E-state index contributed by atoms with van der Waals surface area (Å²) in [5.74, 6) is 1.51. The van der Waals surface area contributed by atoms with Gasteiger partial charge in [0.05, 0.1) is 0 Å². The van der Waals surface area contributed by atoms with Gasteiger partial charge in [0.15, 0.2) is 11.5 Å². The Morgan fingerprint density at radius 1 is 1.50 bits per heavy atom. The van der Waals surface area contributed by atoms with E-state index in [-0.39, 0.29) is 12.6 Å². The molecule has 0 aromatic heterocycles. The fourth-order valence-corrected chi connectivity index (χ4v) is 1.93. The van der Waals surface area contributed by atoms with Crippen LogP contribution in [0.25, 0.3) is 0 Å². The zero-order chi connectivity index (χ0) is 10.1. The van der Waals surface area contributed by atoms with Crippen LogP contribution in [0.4, 0.5) is 0 Å². The van der Waals surface area contributed by atoms with Crippen molar-refractivity contribution in [2.75, 3.05) is 6.79 Å². The lowest BCUT2D eigenvalue weighted by molar-refractivity contribution is -0.116. The average Bonchev–Trinajstić information content (AvgIpc) is 2.50. The van der Waals surface area contributed by atoms with Crippen molar-refractivity contribution >= 4 is 21.7 Å². The van der Waals surface area contributed by atoms with Crippen molar-refractivity contribution < 1.29 is 14.3 Å². The summed E-state index contributed by atoms with van der Waals surface area (Å²) in [6.45, 7) is 1.79. The maximum Gasteiger partial charge on any atom is 0.231 e. The number of rotatable bonds is 2. The molecular weight excluding hydrogens is 248 g/mol. The maximum absolute atomic E-state index is 11.0. The molecule has 0 spiro atoms. The summed E-state index contributed by atoms with van der Waals surface area (Å²) in [6.07, 6.45) is 0.380. The highest BCUT2D eigenvalue weighted by Crippen LogP contribution is 2.38. The highest BCUT2D eigenvalue weighted by atomic mass is 79.9. The van der Waals surface area contributed by atoms with Crippen LogP contribution in [0.15, 0.2) is 16.6 Å². The molecule has 0 bridgehead atoms. The van der Waals surface area contributed by atoms with E-state index in [0.717, 1.165) is 10.0 Å². The number of hydrogen-bond donors (Lipinski definition) is 0. The van der Waals surface area contributed by atoms with Gasteiger partial charge >= 0.3 is 0 Å². The van der Waals surface area contributed by atoms with Crippen molar-refractivity contribution in [1.82, 2.24) is 0 Å². The lowest BCUT2D eigenvalue weighted by atomic mass is 10.1. The molecule has 1 aromatic carbocycles. The predicted octanol–water partition coefficient (Wildman–Crippen LogP) is 2.31. The van der Waals surface area contributed by atoms with Crippen molar-refractivity contribution in [3.8, 4) is 11.5 Å². The molecule has 0 radical (unpaired) electrons. The molecule has 0 aliphatic carbocycles. The predicted molar refractivity (Wildman–Crippen MR) is 54.7 cm³/mol. The van der Waals surface area contributed by atoms with Crippen molar-refractivity contribution in [3.05, 3.63) is 22.2 Å². The van der Waals surface area contributed by atoms with E-state index in [1.807, 2.05) is 12.1 Å². The number of benzene rings is 1. The molecule has 74 valence electrons. The van der Waals surface area contributed by atoms with Gasteiger partial charge in [0.2, 0.25) is 6.79 Å². The summed E-state index contributed by atoms with van der Waals surface area (Å²) in [6, 6.07) is 3.72. The Hall–Kier alpha value is -1.03. The van der Waals surface area contributed by atoms with Crippen LogP contribution >= 0.6 is 15.9 Å². The van der Waals surface area contributed by atoms with Gasteiger partial charge in [-0.25, -0.2) is 0 Å². The smallest absolute Gasteiger partial charge is 0.231 e. The van der Waals surface area contributed by atoms with Gasteiger partial charge in [-0.1, -0.05) is 15.9 Å². The molecule has 0 amide bonds. The van der Waals surface area contributed by atoms with Gasteiger partial charge in [-0.2, -0.15) is 0 Å². The van der Waals surface area contributed by atoms with Crippen molar-refractivity contribution in [2.45, 2.75) is 13.3 Å². The second-order valence-corrected chi connectivity index (χ2v) is 4.09. The van der Waals surface area contributed by atoms with Gasteiger partial charge in [0.25, 0.3) is 0 Å². The lowest BCUT2D eigenvalue weighted by Gasteiger charge is -2.04. The highest BCUT2D eigenvalue weighted by Gasteiger charge is 2.19. The molecule has 0 N–H and O–H groups in total. The molecule has 0 unspecified atom stereocenters. The SMILES string of the molecule is CC(=O)Cc1cc(Br)cc2c1OCO2. The van der Waals surface area contributed by atoms with Crippen LogP contribution in [0, 0.1) is 0 Å². The molecule has 1 aromatic rings. The minimum absolute atomic E-state index is 0.112. The number of ketones is 1. The molecule has 0 atom stereocenters. The lowest BCUT2D eigenvalue weighted by Crippen LogP contribution is -1.99. The zero-order valence-corrected chi connectivity index (χ0v) is 9.26. The molecular formula is C10H9BrO3. The van der Waals surface area contributed by atoms with Gasteiger partial charge in [-0.05, 0) is 19.1 Å². The van der Waals surface area contributed by atoms with Crippen LogP contribution in [-0.4, -0.2) is 12.6 Å². The molecule has 3 nitrogen and oxygen atoms in total. The Kier molecular flexibility index (Phi) is 2.46.